The van der Waals surface area contributed by atoms with E-state index in [1.54, 1.807) is 34.6 Å². The van der Waals surface area contributed by atoms with Crippen molar-refractivity contribution in [2.45, 2.75) is 49.8 Å². The second-order valence-electron chi connectivity index (χ2n) is 7.70. The Morgan fingerprint density at radius 2 is 1.72 bits per heavy atom. The van der Waals surface area contributed by atoms with E-state index in [0.717, 1.165) is 4.31 Å². The molecule has 0 aliphatic carbocycles. The lowest BCUT2D eigenvalue weighted by Gasteiger charge is -2.58. The van der Waals surface area contributed by atoms with Gasteiger partial charge in [0.25, 0.3) is 0 Å². The molecule has 1 aromatic carbocycles. The first-order chi connectivity index (χ1) is 11.3. The van der Waals surface area contributed by atoms with Crippen LogP contribution in [0.4, 0.5) is 0 Å². The maximum absolute atomic E-state index is 13.3. The molecule has 2 N–H and O–H groups in total. The van der Waals surface area contributed by atoms with E-state index in [0.29, 0.717) is 5.75 Å². The van der Waals surface area contributed by atoms with Gasteiger partial charge in [-0.25, -0.2) is 8.42 Å². The lowest BCUT2D eigenvalue weighted by molar-refractivity contribution is -0.158. The minimum Gasteiger partial charge on any atom is -0.508 e. The zero-order valence-electron chi connectivity index (χ0n) is 15.1. The van der Waals surface area contributed by atoms with Crippen molar-refractivity contribution in [3.05, 3.63) is 24.3 Å². The number of phenolic OH excluding ortho intramolecular Hbond substituents is 1. The molecule has 0 saturated carbocycles. The van der Waals surface area contributed by atoms with E-state index in [9.17, 15) is 23.4 Å². The number of aliphatic carboxylic acids is 1. The lowest BCUT2D eigenvalue weighted by atomic mass is 9.66. The molecule has 0 aromatic heterocycles. The van der Waals surface area contributed by atoms with Crippen molar-refractivity contribution in [3.63, 3.8) is 0 Å². The van der Waals surface area contributed by atoms with E-state index in [2.05, 4.69) is 0 Å². The summed E-state index contributed by atoms with van der Waals surface area (Å²) < 4.78 is 27.0. The Labute approximate surface area is 153 Å². The number of carboxylic acids is 1. The van der Waals surface area contributed by atoms with E-state index in [-0.39, 0.29) is 17.2 Å². The highest BCUT2D eigenvalue weighted by Crippen LogP contribution is 2.54. The predicted octanol–water partition coefficient (Wildman–Crippen LogP) is 2.78. The smallest absolute Gasteiger partial charge is 0.327 e. The average molecular weight is 388 g/mol. The van der Waals surface area contributed by atoms with E-state index in [4.69, 9.17) is 0 Å². The van der Waals surface area contributed by atoms with Crippen molar-refractivity contribution in [1.82, 2.24) is 4.31 Å². The Morgan fingerprint density at radius 3 is 2.16 bits per heavy atom. The summed E-state index contributed by atoms with van der Waals surface area (Å²) in [7, 11) is -4.06. The zero-order chi connectivity index (χ0) is 19.3. The van der Waals surface area contributed by atoms with Gasteiger partial charge in [0.2, 0.25) is 10.0 Å². The predicted molar refractivity (Wildman–Crippen MR) is 98.4 cm³/mol. The second-order valence-corrected chi connectivity index (χ2v) is 11.3. The molecule has 1 atom stereocenters. The minimum absolute atomic E-state index is 0.0251. The molecule has 0 amide bonds. The van der Waals surface area contributed by atoms with E-state index in [1.165, 1.54) is 36.0 Å². The number of aromatic hydroxyl groups is 1. The molecule has 25 heavy (non-hydrogen) atoms. The molecule has 140 valence electrons. The third-order valence-corrected chi connectivity index (χ3v) is 8.13. The van der Waals surface area contributed by atoms with Gasteiger partial charge in [0.15, 0.2) is 5.54 Å². The summed E-state index contributed by atoms with van der Waals surface area (Å²) in [6, 6.07) is 5.18. The molecule has 8 heteroatoms. The van der Waals surface area contributed by atoms with Gasteiger partial charge in [0, 0.05) is 17.0 Å². The summed E-state index contributed by atoms with van der Waals surface area (Å²) in [4.78, 5) is 12.5. The van der Waals surface area contributed by atoms with Gasteiger partial charge in [-0.15, -0.1) is 0 Å². The molecule has 1 aliphatic heterocycles. The van der Waals surface area contributed by atoms with Crippen LogP contribution in [0.5, 0.6) is 5.75 Å². The van der Waals surface area contributed by atoms with Gasteiger partial charge < -0.3 is 10.2 Å². The molecule has 0 unspecified atom stereocenters. The van der Waals surface area contributed by atoms with Crippen molar-refractivity contribution in [2.75, 3.05) is 12.3 Å². The fourth-order valence-corrected chi connectivity index (χ4v) is 7.64. The molecule has 0 radical (unpaired) electrons. The van der Waals surface area contributed by atoms with Gasteiger partial charge in [-0.3, -0.25) is 4.79 Å². The highest BCUT2D eigenvalue weighted by atomic mass is 32.2. The van der Waals surface area contributed by atoms with Crippen LogP contribution in [0.25, 0.3) is 0 Å². The van der Waals surface area contributed by atoms with Crippen LogP contribution >= 0.6 is 11.8 Å². The van der Waals surface area contributed by atoms with Crippen LogP contribution in [0.2, 0.25) is 0 Å². The molecule has 2 rings (SSSR count). The molecule has 1 saturated heterocycles. The van der Waals surface area contributed by atoms with Crippen LogP contribution in [0.3, 0.4) is 0 Å². The molecule has 0 bridgehead atoms. The maximum atomic E-state index is 13.3. The van der Waals surface area contributed by atoms with Crippen LogP contribution in [-0.2, 0) is 14.8 Å². The van der Waals surface area contributed by atoms with E-state index in [1.807, 2.05) is 0 Å². The maximum Gasteiger partial charge on any atom is 0.327 e. The third-order valence-electron chi connectivity index (χ3n) is 4.82. The molecule has 0 spiro atoms. The summed E-state index contributed by atoms with van der Waals surface area (Å²) in [6.07, 6.45) is 0. The number of sulfonamides is 1. The number of benzene rings is 1. The quantitative estimate of drug-likeness (QED) is 0.828. The average Bonchev–Trinajstić information content (AvgIpc) is 2.44. The lowest BCUT2D eigenvalue weighted by Crippen LogP contribution is -2.75. The van der Waals surface area contributed by atoms with Gasteiger partial charge in [-0.2, -0.15) is 16.1 Å². The third kappa shape index (κ3) is 2.94. The standard InChI is InChI=1S/C17H25NO5S2/c1-15(2,3)17(14(20)21)16(4,5)24-11-10-18(17)25(22,23)13-8-6-12(19)7-9-13/h6-9,19H,10-11H2,1-5H3,(H,20,21)/t17-/m1/s1. The SMILES string of the molecule is CC(C)(C)[C@@]1(C(=O)O)N(S(=O)(=O)c2ccc(O)cc2)CCSC1(C)C. The molecule has 1 heterocycles. The molecule has 1 aromatic rings. The first kappa shape index (κ1) is 20.1. The molecular weight excluding hydrogens is 362 g/mol. The van der Waals surface area contributed by atoms with Crippen molar-refractivity contribution in [2.24, 2.45) is 5.41 Å². The fourth-order valence-electron chi connectivity index (χ4n) is 3.96. The van der Waals surface area contributed by atoms with Gasteiger partial charge >= 0.3 is 5.97 Å². The first-order valence-corrected chi connectivity index (χ1v) is 10.4. The molecular formula is C17H25NO5S2. The van der Waals surface area contributed by atoms with Gasteiger partial charge in [0.05, 0.1) is 4.90 Å². The summed E-state index contributed by atoms with van der Waals surface area (Å²) >= 11 is 1.47. The van der Waals surface area contributed by atoms with Crippen molar-refractivity contribution < 1.29 is 23.4 Å². The minimum atomic E-state index is -4.06. The van der Waals surface area contributed by atoms with Gasteiger partial charge in [0.1, 0.15) is 5.75 Å². The highest BCUT2D eigenvalue weighted by Gasteiger charge is 2.67. The molecule has 1 fully saturated rings. The largest absolute Gasteiger partial charge is 0.508 e. The fraction of sp³-hybridized carbons (Fsp3) is 0.588. The summed E-state index contributed by atoms with van der Waals surface area (Å²) in [5.74, 6) is -0.691. The number of rotatable bonds is 3. The highest BCUT2D eigenvalue weighted by molar-refractivity contribution is 8.01. The van der Waals surface area contributed by atoms with E-state index >= 15 is 0 Å². The Kier molecular flexibility index (Phi) is 4.96. The summed E-state index contributed by atoms with van der Waals surface area (Å²) in [5, 5.41) is 19.7. The van der Waals surface area contributed by atoms with Crippen LogP contribution in [0.1, 0.15) is 34.6 Å². The number of hydrogen-bond donors (Lipinski definition) is 2. The zero-order valence-corrected chi connectivity index (χ0v) is 16.7. The van der Waals surface area contributed by atoms with Crippen LogP contribution in [0.15, 0.2) is 29.2 Å². The Balaban J connectivity index is 2.76. The van der Waals surface area contributed by atoms with Gasteiger partial charge in [-0.1, -0.05) is 20.8 Å². The van der Waals surface area contributed by atoms with Crippen molar-refractivity contribution in [1.29, 1.82) is 0 Å². The Hall–Kier alpha value is -1.25. The first-order valence-electron chi connectivity index (χ1n) is 7.98. The van der Waals surface area contributed by atoms with Crippen molar-refractivity contribution >= 4 is 27.8 Å². The molecule has 6 nitrogen and oxygen atoms in total. The van der Waals surface area contributed by atoms with E-state index < -0.39 is 31.7 Å². The molecule has 1 aliphatic rings. The van der Waals surface area contributed by atoms with Crippen LogP contribution in [0, 0.1) is 5.41 Å². The topological polar surface area (TPSA) is 94.9 Å². The normalized spacial score (nSPS) is 24.8. The van der Waals surface area contributed by atoms with Crippen LogP contribution < -0.4 is 0 Å². The number of phenols is 1. The second kappa shape index (κ2) is 6.17. The van der Waals surface area contributed by atoms with Crippen molar-refractivity contribution in [3.8, 4) is 5.75 Å². The number of hydrogen-bond acceptors (Lipinski definition) is 5. The summed E-state index contributed by atoms with van der Waals surface area (Å²) in [6.45, 7) is 8.96. The van der Waals surface area contributed by atoms with Gasteiger partial charge in [-0.05, 0) is 43.5 Å². The number of nitrogens with zero attached hydrogens (tertiary/aromatic N) is 1. The number of carbonyl (C=O) groups is 1. The monoisotopic (exact) mass is 387 g/mol. The number of carboxylic acid groups (broad SMARTS) is 1. The Morgan fingerprint density at radius 1 is 1.20 bits per heavy atom. The Bertz CT molecular complexity index is 765. The number of thioether (sulfide) groups is 1. The summed E-state index contributed by atoms with van der Waals surface area (Å²) in [5.41, 5.74) is -2.47. The van der Waals surface area contributed by atoms with Crippen LogP contribution in [-0.4, -0.2) is 51.5 Å².